The lowest BCUT2D eigenvalue weighted by atomic mass is 10.1. The van der Waals surface area contributed by atoms with Crippen LogP contribution in [-0.4, -0.2) is 15.0 Å². The second kappa shape index (κ2) is 5.63. The Morgan fingerprint density at radius 3 is 2.74 bits per heavy atom. The smallest absolute Gasteiger partial charge is 0.137 e. The van der Waals surface area contributed by atoms with Crippen LogP contribution < -0.4 is 11.1 Å². The van der Waals surface area contributed by atoms with Gasteiger partial charge in [-0.1, -0.05) is 12.2 Å². The van der Waals surface area contributed by atoms with E-state index < -0.39 is 0 Å². The first-order valence-electron chi connectivity index (χ1n) is 5.90. The molecule has 0 aliphatic carbocycles. The molecule has 0 aliphatic heterocycles. The Balaban J connectivity index is 2.26. The van der Waals surface area contributed by atoms with Crippen molar-refractivity contribution in [2.45, 2.75) is 27.3 Å². The van der Waals surface area contributed by atoms with Gasteiger partial charge in [0.05, 0.1) is 17.1 Å². The van der Waals surface area contributed by atoms with Gasteiger partial charge in [0, 0.05) is 16.8 Å². The Kier molecular flexibility index (Phi) is 4.11. The fourth-order valence-corrected chi connectivity index (χ4v) is 2.93. The van der Waals surface area contributed by atoms with E-state index in [0.29, 0.717) is 11.5 Å². The Morgan fingerprint density at radius 1 is 1.42 bits per heavy atom. The van der Waals surface area contributed by atoms with Crippen LogP contribution in [0.1, 0.15) is 26.7 Å². The van der Waals surface area contributed by atoms with E-state index in [1.54, 1.807) is 11.3 Å². The van der Waals surface area contributed by atoms with Gasteiger partial charge in [0.1, 0.15) is 10.8 Å². The number of pyridine rings is 1. The fourth-order valence-electron chi connectivity index (χ4n) is 1.93. The molecule has 0 saturated heterocycles. The molecule has 3 N–H and O–H groups in total. The van der Waals surface area contributed by atoms with Crippen LogP contribution in [0.2, 0.25) is 0 Å². The third kappa shape index (κ3) is 3.27. The fraction of sp³-hybridized carbons (Fsp3) is 0.308. The van der Waals surface area contributed by atoms with E-state index in [9.17, 15) is 0 Å². The molecule has 6 heteroatoms. The molecule has 0 unspecified atom stereocenters. The number of hydrogen-bond acceptors (Lipinski definition) is 5. The van der Waals surface area contributed by atoms with Crippen LogP contribution in [-0.2, 0) is 6.54 Å². The lowest BCUT2D eigenvalue weighted by molar-refractivity contribution is 1.09. The third-order valence-electron chi connectivity index (χ3n) is 2.69. The molecule has 100 valence electrons. The summed E-state index contributed by atoms with van der Waals surface area (Å²) in [5, 5.41) is 4.35. The van der Waals surface area contributed by atoms with E-state index in [0.717, 1.165) is 32.5 Å². The monoisotopic (exact) mass is 292 g/mol. The quantitative estimate of drug-likeness (QED) is 0.848. The van der Waals surface area contributed by atoms with E-state index in [1.807, 2.05) is 33.0 Å². The van der Waals surface area contributed by atoms with Gasteiger partial charge in [0.2, 0.25) is 0 Å². The average Bonchev–Trinajstić information content (AvgIpc) is 2.71. The predicted molar refractivity (Wildman–Crippen MR) is 83.8 cm³/mol. The van der Waals surface area contributed by atoms with Gasteiger partial charge in [0.25, 0.3) is 0 Å². The van der Waals surface area contributed by atoms with Gasteiger partial charge < -0.3 is 11.1 Å². The maximum atomic E-state index is 5.78. The standard InChI is InChI=1S/C13H16N4S2/c1-7-4-8(2)17-13(11(7)12(14)18)16-6-10-5-15-9(3)19-10/h4-5H,6H2,1-3H3,(H2,14,18)(H,16,17). The summed E-state index contributed by atoms with van der Waals surface area (Å²) in [6.45, 7) is 6.62. The number of nitrogens with one attached hydrogen (secondary N) is 1. The Labute approximate surface area is 122 Å². The molecule has 19 heavy (non-hydrogen) atoms. The maximum absolute atomic E-state index is 5.78. The van der Waals surface area contributed by atoms with E-state index in [4.69, 9.17) is 18.0 Å². The molecule has 2 heterocycles. The highest BCUT2D eigenvalue weighted by molar-refractivity contribution is 7.80. The summed E-state index contributed by atoms with van der Waals surface area (Å²) in [4.78, 5) is 10.2. The molecule has 0 radical (unpaired) electrons. The van der Waals surface area contributed by atoms with Crippen molar-refractivity contribution in [3.8, 4) is 0 Å². The van der Waals surface area contributed by atoms with Gasteiger partial charge in [0.15, 0.2) is 0 Å². The van der Waals surface area contributed by atoms with Crippen molar-refractivity contribution in [1.29, 1.82) is 0 Å². The molecule has 0 aliphatic rings. The number of nitrogens with two attached hydrogens (primary N) is 1. The maximum Gasteiger partial charge on any atom is 0.137 e. The zero-order chi connectivity index (χ0) is 14.0. The van der Waals surface area contributed by atoms with E-state index in [1.165, 1.54) is 0 Å². The van der Waals surface area contributed by atoms with Crippen LogP contribution in [0.15, 0.2) is 12.3 Å². The molecule has 0 bridgehead atoms. The minimum absolute atomic E-state index is 0.369. The van der Waals surface area contributed by atoms with Gasteiger partial charge in [-0.3, -0.25) is 0 Å². The first kappa shape index (κ1) is 13.9. The van der Waals surface area contributed by atoms with Crippen molar-refractivity contribution in [2.24, 2.45) is 5.73 Å². The van der Waals surface area contributed by atoms with Crippen molar-refractivity contribution in [2.75, 3.05) is 5.32 Å². The first-order chi connectivity index (χ1) is 8.97. The molecule has 0 atom stereocenters. The van der Waals surface area contributed by atoms with Crippen LogP contribution in [0, 0.1) is 20.8 Å². The summed E-state index contributed by atoms with van der Waals surface area (Å²) in [5.41, 5.74) is 8.59. The van der Waals surface area contributed by atoms with Crippen molar-refractivity contribution in [3.05, 3.63) is 39.0 Å². The number of rotatable bonds is 4. The Hall–Kier alpha value is -1.53. The minimum Gasteiger partial charge on any atom is -0.389 e. The highest BCUT2D eigenvalue weighted by Crippen LogP contribution is 2.20. The third-order valence-corrected chi connectivity index (χ3v) is 3.81. The number of aromatic nitrogens is 2. The average molecular weight is 292 g/mol. The summed E-state index contributed by atoms with van der Waals surface area (Å²) < 4.78 is 0. The highest BCUT2D eigenvalue weighted by Gasteiger charge is 2.11. The summed E-state index contributed by atoms with van der Waals surface area (Å²) >= 11 is 6.77. The molecule has 0 saturated carbocycles. The zero-order valence-corrected chi connectivity index (χ0v) is 12.8. The lowest BCUT2D eigenvalue weighted by Crippen LogP contribution is -2.16. The predicted octanol–water partition coefficient (Wildman–Crippen LogP) is 2.71. The number of anilines is 1. The summed E-state index contributed by atoms with van der Waals surface area (Å²) in [7, 11) is 0. The molecule has 0 fully saturated rings. The normalized spacial score (nSPS) is 10.5. The van der Waals surface area contributed by atoms with Crippen molar-refractivity contribution in [1.82, 2.24) is 9.97 Å². The van der Waals surface area contributed by atoms with Crippen LogP contribution in [0.5, 0.6) is 0 Å². The molecular weight excluding hydrogens is 276 g/mol. The molecule has 4 nitrogen and oxygen atoms in total. The number of thiazole rings is 1. The van der Waals surface area contributed by atoms with Gasteiger partial charge in [-0.25, -0.2) is 9.97 Å². The second-order valence-electron chi connectivity index (χ2n) is 4.37. The molecule has 2 rings (SSSR count). The number of aryl methyl sites for hydroxylation is 3. The summed E-state index contributed by atoms with van der Waals surface area (Å²) in [5.74, 6) is 0.746. The van der Waals surface area contributed by atoms with Crippen LogP contribution in [0.25, 0.3) is 0 Å². The second-order valence-corrected chi connectivity index (χ2v) is 6.13. The lowest BCUT2D eigenvalue weighted by Gasteiger charge is -2.13. The molecule has 0 aromatic carbocycles. The topological polar surface area (TPSA) is 63.8 Å². The van der Waals surface area contributed by atoms with E-state index in [-0.39, 0.29) is 0 Å². The van der Waals surface area contributed by atoms with E-state index >= 15 is 0 Å². The highest BCUT2D eigenvalue weighted by atomic mass is 32.1. The molecule has 0 spiro atoms. The van der Waals surface area contributed by atoms with Crippen molar-refractivity contribution < 1.29 is 0 Å². The SMILES string of the molecule is Cc1cc(C)c(C(N)=S)c(NCc2cnc(C)s2)n1. The van der Waals surface area contributed by atoms with Crippen LogP contribution >= 0.6 is 23.6 Å². The van der Waals surface area contributed by atoms with Gasteiger partial charge in [-0.15, -0.1) is 11.3 Å². The van der Waals surface area contributed by atoms with Gasteiger partial charge in [-0.05, 0) is 32.4 Å². The summed E-state index contributed by atoms with van der Waals surface area (Å²) in [6.07, 6.45) is 1.87. The Morgan fingerprint density at radius 2 is 2.16 bits per heavy atom. The van der Waals surface area contributed by atoms with Crippen LogP contribution in [0.4, 0.5) is 5.82 Å². The minimum atomic E-state index is 0.369. The largest absolute Gasteiger partial charge is 0.389 e. The van der Waals surface area contributed by atoms with Crippen LogP contribution in [0.3, 0.4) is 0 Å². The van der Waals surface area contributed by atoms with Gasteiger partial charge >= 0.3 is 0 Å². The van der Waals surface area contributed by atoms with Crippen molar-refractivity contribution in [3.63, 3.8) is 0 Å². The number of nitrogens with zero attached hydrogens (tertiary/aromatic N) is 2. The molecule has 2 aromatic rings. The van der Waals surface area contributed by atoms with Crippen molar-refractivity contribution >= 4 is 34.4 Å². The molecule has 0 amide bonds. The number of thiocarbonyl (C=S) groups is 1. The van der Waals surface area contributed by atoms with Gasteiger partial charge in [-0.2, -0.15) is 0 Å². The van der Waals surface area contributed by atoms with E-state index in [2.05, 4.69) is 15.3 Å². The Bertz CT molecular complexity index is 619. The zero-order valence-electron chi connectivity index (χ0n) is 11.2. The number of hydrogen-bond donors (Lipinski definition) is 2. The first-order valence-corrected chi connectivity index (χ1v) is 7.13. The molecular formula is C13H16N4S2. The molecule has 2 aromatic heterocycles. The summed E-state index contributed by atoms with van der Waals surface area (Å²) in [6, 6.07) is 1.98.